The SMILES string of the molecule is Cc1nn(CCC(=O)Nc2ccc(C(C)C)cc2)c(C)c1S(=O)(=O)N1CCCCC1. The van der Waals surface area contributed by atoms with Gasteiger partial charge in [0, 0.05) is 25.2 Å². The van der Waals surface area contributed by atoms with Crippen LogP contribution in [-0.4, -0.2) is 41.5 Å². The van der Waals surface area contributed by atoms with Crippen molar-refractivity contribution in [3.8, 4) is 0 Å². The van der Waals surface area contributed by atoms with Crippen molar-refractivity contribution < 1.29 is 13.2 Å². The largest absolute Gasteiger partial charge is 0.326 e. The van der Waals surface area contributed by atoms with Crippen molar-refractivity contribution in [2.75, 3.05) is 18.4 Å². The van der Waals surface area contributed by atoms with Crippen molar-refractivity contribution >= 4 is 21.6 Å². The number of sulfonamides is 1. The summed E-state index contributed by atoms with van der Waals surface area (Å²) in [6.45, 7) is 9.19. The Labute approximate surface area is 179 Å². The standard InChI is InChI=1S/C22H32N4O3S/c1-16(2)19-8-10-20(11-9-19)23-21(27)12-15-26-18(4)22(17(3)24-26)30(28,29)25-13-6-5-7-14-25/h8-11,16H,5-7,12-15H2,1-4H3,(H,23,27). The van der Waals surface area contributed by atoms with Crippen LogP contribution in [0, 0.1) is 13.8 Å². The predicted octanol–water partition coefficient (Wildman–Crippen LogP) is 3.83. The molecule has 1 saturated heterocycles. The van der Waals surface area contributed by atoms with E-state index in [2.05, 4.69) is 24.3 Å². The number of aromatic nitrogens is 2. The molecule has 1 fully saturated rings. The fourth-order valence-corrected chi connectivity index (χ4v) is 5.78. The molecule has 30 heavy (non-hydrogen) atoms. The summed E-state index contributed by atoms with van der Waals surface area (Å²) in [4.78, 5) is 12.7. The van der Waals surface area contributed by atoms with Gasteiger partial charge in [-0.05, 0) is 50.3 Å². The van der Waals surface area contributed by atoms with Crippen LogP contribution in [-0.2, 0) is 21.4 Å². The molecule has 1 amide bonds. The van der Waals surface area contributed by atoms with Gasteiger partial charge in [0.25, 0.3) is 0 Å². The minimum atomic E-state index is -3.55. The molecule has 2 aromatic rings. The molecule has 1 N–H and O–H groups in total. The van der Waals surface area contributed by atoms with Crippen molar-refractivity contribution in [1.29, 1.82) is 0 Å². The fourth-order valence-electron chi connectivity index (χ4n) is 3.89. The normalized spacial score (nSPS) is 15.5. The number of hydrogen-bond donors (Lipinski definition) is 1. The summed E-state index contributed by atoms with van der Waals surface area (Å²) < 4.78 is 29.4. The van der Waals surface area contributed by atoms with Crippen molar-refractivity contribution in [3.05, 3.63) is 41.2 Å². The van der Waals surface area contributed by atoms with Gasteiger partial charge in [0.2, 0.25) is 15.9 Å². The van der Waals surface area contributed by atoms with Crippen LogP contribution in [0.5, 0.6) is 0 Å². The highest BCUT2D eigenvalue weighted by atomic mass is 32.2. The summed E-state index contributed by atoms with van der Waals surface area (Å²) >= 11 is 0. The Morgan fingerprint density at radius 1 is 1.10 bits per heavy atom. The second kappa shape index (κ2) is 9.31. The summed E-state index contributed by atoms with van der Waals surface area (Å²) in [5.74, 6) is 0.316. The zero-order valence-corrected chi connectivity index (χ0v) is 19.1. The van der Waals surface area contributed by atoms with Gasteiger partial charge in [-0.3, -0.25) is 9.48 Å². The van der Waals surface area contributed by atoms with E-state index in [-0.39, 0.29) is 17.2 Å². The Balaban J connectivity index is 1.66. The molecule has 2 heterocycles. The summed E-state index contributed by atoms with van der Waals surface area (Å²) in [7, 11) is -3.55. The van der Waals surface area contributed by atoms with E-state index in [1.54, 1.807) is 22.8 Å². The molecule has 0 aliphatic carbocycles. The Morgan fingerprint density at radius 2 is 1.73 bits per heavy atom. The highest BCUT2D eigenvalue weighted by molar-refractivity contribution is 7.89. The number of anilines is 1. The van der Waals surface area contributed by atoms with Gasteiger partial charge in [0.15, 0.2) is 0 Å². The van der Waals surface area contributed by atoms with Gasteiger partial charge in [0.1, 0.15) is 4.90 Å². The Hall–Kier alpha value is -2.19. The van der Waals surface area contributed by atoms with E-state index in [4.69, 9.17) is 0 Å². The molecule has 0 saturated carbocycles. The van der Waals surface area contributed by atoms with Crippen molar-refractivity contribution in [1.82, 2.24) is 14.1 Å². The van der Waals surface area contributed by atoms with Crippen LogP contribution in [0.4, 0.5) is 5.69 Å². The first-order valence-corrected chi connectivity index (χ1v) is 12.1. The van der Waals surface area contributed by atoms with E-state index in [0.29, 0.717) is 36.9 Å². The number of carbonyl (C=O) groups excluding carboxylic acids is 1. The van der Waals surface area contributed by atoms with E-state index < -0.39 is 10.0 Å². The molecule has 8 heteroatoms. The van der Waals surface area contributed by atoms with E-state index in [0.717, 1.165) is 24.9 Å². The lowest BCUT2D eigenvalue weighted by molar-refractivity contribution is -0.116. The molecule has 7 nitrogen and oxygen atoms in total. The minimum Gasteiger partial charge on any atom is -0.326 e. The maximum atomic E-state index is 13.1. The van der Waals surface area contributed by atoms with E-state index in [9.17, 15) is 13.2 Å². The second-order valence-corrected chi connectivity index (χ2v) is 10.1. The van der Waals surface area contributed by atoms with Crippen LogP contribution in [0.15, 0.2) is 29.2 Å². The fraction of sp³-hybridized carbons (Fsp3) is 0.545. The molecule has 1 aliphatic heterocycles. The molecule has 0 spiro atoms. The van der Waals surface area contributed by atoms with Gasteiger partial charge in [0.05, 0.1) is 17.9 Å². The summed E-state index contributed by atoms with van der Waals surface area (Å²) in [5.41, 5.74) is 3.05. The van der Waals surface area contributed by atoms with Crippen LogP contribution in [0.1, 0.15) is 62.4 Å². The van der Waals surface area contributed by atoms with Crippen LogP contribution in [0.2, 0.25) is 0 Å². The zero-order valence-electron chi connectivity index (χ0n) is 18.3. The molecular formula is C22H32N4O3S. The Kier molecular flexibility index (Phi) is 6.98. The molecule has 1 aromatic carbocycles. The number of hydrogen-bond acceptors (Lipinski definition) is 4. The highest BCUT2D eigenvalue weighted by Gasteiger charge is 2.31. The molecular weight excluding hydrogens is 400 g/mol. The lowest BCUT2D eigenvalue weighted by Gasteiger charge is -2.26. The molecule has 164 valence electrons. The van der Waals surface area contributed by atoms with Gasteiger partial charge < -0.3 is 5.32 Å². The highest BCUT2D eigenvalue weighted by Crippen LogP contribution is 2.26. The molecule has 1 aliphatic rings. The first kappa shape index (κ1) is 22.5. The predicted molar refractivity (Wildman–Crippen MR) is 118 cm³/mol. The number of aryl methyl sites for hydroxylation is 2. The first-order chi connectivity index (χ1) is 14.2. The Bertz CT molecular complexity index is 988. The van der Waals surface area contributed by atoms with Crippen LogP contribution in [0.25, 0.3) is 0 Å². The second-order valence-electron chi connectivity index (χ2n) is 8.26. The molecule has 0 radical (unpaired) electrons. The number of nitrogens with one attached hydrogen (secondary N) is 1. The van der Waals surface area contributed by atoms with Gasteiger partial charge in [-0.2, -0.15) is 9.40 Å². The van der Waals surface area contributed by atoms with Gasteiger partial charge in [-0.1, -0.05) is 32.4 Å². The summed E-state index contributed by atoms with van der Waals surface area (Å²) in [5, 5.41) is 7.31. The van der Waals surface area contributed by atoms with Gasteiger partial charge in [-0.25, -0.2) is 8.42 Å². The average Bonchev–Trinajstić information content (AvgIpc) is 3.01. The number of rotatable bonds is 7. The summed E-state index contributed by atoms with van der Waals surface area (Å²) in [6.07, 6.45) is 3.07. The third kappa shape index (κ3) is 4.92. The number of benzene rings is 1. The topological polar surface area (TPSA) is 84.3 Å². The monoisotopic (exact) mass is 432 g/mol. The molecule has 3 rings (SSSR count). The van der Waals surface area contributed by atoms with E-state index in [1.807, 2.05) is 24.3 Å². The zero-order chi connectivity index (χ0) is 21.9. The number of nitrogens with zero attached hydrogens (tertiary/aromatic N) is 3. The third-order valence-electron chi connectivity index (χ3n) is 5.64. The summed E-state index contributed by atoms with van der Waals surface area (Å²) in [6, 6.07) is 7.83. The number of piperidine rings is 1. The number of amides is 1. The maximum Gasteiger partial charge on any atom is 0.246 e. The van der Waals surface area contributed by atoms with E-state index in [1.165, 1.54) is 5.56 Å². The molecule has 0 atom stereocenters. The van der Waals surface area contributed by atoms with Crippen molar-refractivity contribution in [2.45, 2.75) is 70.7 Å². The maximum absolute atomic E-state index is 13.1. The van der Waals surface area contributed by atoms with Gasteiger partial charge in [-0.15, -0.1) is 0 Å². The van der Waals surface area contributed by atoms with Crippen LogP contribution < -0.4 is 5.32 Å². The van der Waals surface area contributed by atoms with E-state index >= 15 is 0 Å². The van der Waals surface area contributed by atoms with Crippen molar-refractivity contribution in [3.63, 3.8) is 0 Å². The smallest absolute Gasteiger partial charge is 0.246 e. The number of carbonyl (C=O) groups is 1. The quantitative estimate of drug-likeness (QED) is 0.721. The van der Waals surface area contributed by atoms with Crippen LogP contribution in [0.3, 0.4) is 0 Å². The molecule has 0 bridgehead atoms. The third-order valence-corrected chi connectivity index (χ3v) is 7.79. The average molecular weight is 433 g/mol. The minimum absolute atomic E-state index is 0.125. The lowest BCUT2D eigenvalue weighted by atomic mass is 10.0. The van der Waals surface area contributed by atoms with Gasteiger partial charge >= 0.3 is 0 Å². The lowest BCUT2D eigenvalue weighted by Crippen LogP contribution is -2.36. The first-order valence-electron chi connectivity index (χ1n) is 10.6. The molecule has 0 unspecified atom stereocenters. The van der Waals surface area contributed by atoms with Crippen molar-refractivity contribution in [2.24, 2.45) is 0 Å². The van der Waals surface area contributed by atoms with Crippen LogP contribution >= 0.6 is 0 Å². The molecule has 1 aromatic heterocycles. The Morgan fingerprint density at radius 3 is 2.33 bits per heavy atom.